The molecule has 0 spiro atoms. The van der Waals surface area contributed by atoms with Crippen molar-refractivity contribution in [3.63, 3.8) is 0 Å². The number of aromatic nitrogens is 2. The predicted molar refractivity (Wildman–Crippen MR) is 93.2 cm³/mol. The van der Waals surface area contributed by atoms with Crippen LogP contribution in [0.1, 0.15) is 37.8 Å². The fraction of sp³-hybridized carbons (Fsp3) is 0.526. The molecule has 4 heteroatoms. The Morgan fingerprint density at radius 1 is 1.22 bits per heavy atom. The topological polar surface area (TPSA) is 52.2 Å². The van der Waals surface area contributed by atoms with Crippen molar-refractivity contribution in [3.05, 3.63) is 42.1 Å². The van der Waals surface area contributed by atoms with Crippen LogP contribution in [0.3, 0.4) is 0 Å². The third-order valence-electron chi connectivity index (χ3n) is 4.92. The number of hydrogen-bond donors (Lipinski definition) is 2. The lowest BCUT2D eigenvalue weighted by atomic mass is 9.91. The summed E-state index contributed by atoms with van der Waals surface area (Å²) in [5.74, 6) is 0. The number of likely N-dealkylation sites (N-methyl/N-ethyl adjacent to an activating group) is 1. The van der Waals surface area contributed by atoms with Crippen LogP contribution < -0.4 is 0 Å². The number of hydrogen-bond acceptors (Lipinski definition) is 3. The van der Waals surface area contributed by atoms with Crippen LogP contribution in [0.5, 0.6) is 0 Å². The molecule has 2 atom stereocenters. The Balaban J connectivity index is 1.48. The van der Waals surface area contributed by atoms with Crippen LogP contribution in [-0.4, -0.2) is 45.9 Å². The lowest BCUT2D eigenvalue weighted by molar-refractivity contribution is 0.0318. The highest BCUT2D eigenvalue weighted by molar-refractivity contribution is 5.58. The zero-order valence-corrected chi connectivity index (χ0v) is 13.9. The van der Waals surface area contributed by atoms with Crippen molar-refractivity contribution in [1.29, 1.82) is 0 Å². The average molecular weight is 313 g/mol. The summed E-state index contributed by atoms with van der Waals surface area (Å²) >= 11 is 0. The number of nitrogens with zero attached hydrogens (tertiary/aromatic N) is 2. The Bertz CT molecular complexity index is 596. The second-order valence-corrected chi connectivity index (χ2v) is 6.65. The first-order valence-corrected chi connectivity index (χ1v) is 8.72. The largest absolute Gasteiger partial charge is 0.391 e. The summed E-state index contributed by atoms with van der Waals surface area (Å²) < 4.78 is 0. The van der Waals surface area contributed by atoms with E-state index in [1.54, 1.807) is 0 Å². The van der Waals surface area contributed by atoms with Crippen molar-refractivity contribution < 1.29 is 5.11 Å². The van der Waals surface area contributed by atoms with Gasteiger partial charge in [-0.15, -0.1) is 0 Å². The van der Waals surface area contributed by atoms with E-state index in [2.05, 4.69) is 40.3 Å². The molecule has 1 saturated carbocycles. The number of nitrogens with one attached hydrogen (secondary N) is 1. The molecule has 0 aliphatic heterocycles. The third kappa shape index (κ3) is 4.21. The van der Waals surface area contributed by atoms with Crippen LogP contribution in [0.15, 0.2) is 36.4 Å². The van der Waals surface area contributed by atoms with Crippen molar-refractivity contribution in [2.75, 3.05) is 13.6 Å². The highest BCUT2D eigenvalue weighted by atomic mass is 16.3. The van der Waals surface area contributed by atoms with Crippen LogP contribution in [0, 0.1) is 0 Å². The predicted octanol–water partition coefficient (Wildman–Crippen LogP) is 3.24. The maximum Gasteiger partial charge on any atom is 0.0923 e. The smallest absolute Gasteiger partial charge is 0.0923 e. The molecule has 1 fully saturated rings. The van der Waals surface area contributed by atoms with Crippen molar-refractivity contribution in [2.24, 2.45) is 0 Å². The van der Waals surface area contributed by atoms with Gasteiger partial charge in [-0.05, 0) is 45.3 Å². The van der Waals surface area contributed by atoms with Gasteiger partial charge in [-0.3, -0.25) is 5.10 Å². The summed E-state index contributed by atoms with van der Waals surface area (Å²) in [6.07, 6.45) is 6.42. The first-order chi connectivity index (χ1) is 11.2. The summed E-state index contributed by atoms with van der Waals surface area (Å²) in [7, 11) is 2.14. The van der Waals surface area contributed by atoms with Gasteiger partial charge in [0.05, 0.1) is 11.8 Å². The van der Waals surface area contributed by atoms with Gasteiger partial charge in [0, 0.05) is 17.3 Å². The van der Waals surface area contributed by atoms with Crippen LogP contribution in [0.2, 0.25) is 0 Å². The maximum absolute atomic E-state index is 10.1. The van der Waals surface area contributed by atoms with E-state index < -0.39 is 0 Å². The second-order valence-electron chi connectivity index (χ2n) is 6.65. The number of aliphatic hydroxyl groups excluding tert-OH is 1. The van der Waals surface area contributed by atoms with Crippen molar-refractivity contribution in [1.82, 2.24) is 15.1 Å². The molecule has 1 aliphatic carbocycles. The molecule has 0 amide bonds. The van der Waals surface area contributed by atoms with E-state index in [0.29, 0.717) is 6.04 Å². The molecule has 1 aromatic carbocycles. The summed E-state index contributed by atoms with van der Waals surface area (Å²) in [5.41, 5.74) is 3.34. The van der Waals surface area contributed by atoms with Gasteiger partial charge in [-0.2, -0.15) is 5.10 Å². The Morgan fingerprint density at radius 2 is 2.00 bits per heavy atom. The first-order valence-electron chi connectivity index (χ1n) is 8.72. The van der Waals surface area contributed by atoms with E-state index >= 15 is 0 Å². The van der Waals surface area contributed by atoms with Gasteiger partial charge in [0.2, 0.25) is 0 Å². The molecule has 2 unspecified atom stereocenters. The van der Waals surface area contributed by atoms with Gasteiger partial charge in [-0.1, -0.05) is 43.2 Å². The fourth-order valence-corrected chi connectivity index (χ4v) is 3.54. The Kier molecular flexibility index (Phi) is 5.47. The molecule has 23 heavy (non-hydrogen) atoms. The number of aryl methyl sites for hydroxylation is 1. The minimum atomic E-state index is -0.148. The highest BCUT2D eigenvalue weighted by Gasteiger charge is 2.26. The lowest BCUT2D eigenvalue weighted by Crippen LogP contribution is -2.43. The fourth-order valence-electron chi connectivity index (χ4n) is 3.54. The van der Waals surface area contributed by atoms with Gasteiger partial charge in [-0.25, -0.2) is 0 Å². The minimum absolute atomic E-state index is 0.148. The monoisotopic (exact) mass is 313 g/mol. The molecule has 0 radical (unpaired) electrons. The molecule has 2 aromatic rings. The molecule has 1 heterocycles. The normalized spacial score (nSPS) is 21.7. The first kappa shape index (κ1) is 16.2. The van der Waals surface area contributed by atoms with Gasteiger partial charge in [0.1, 0.15) is 0 Å². The number of benzene rings is 1. The van der Waals surface area contributed by atoms with E-state index in [-0.39, 0.29) is 6.10 Å². The van der Waals surface area contributed by atoms with E-state index in [1.165, 1.54) is 18.5 Å². The summed E-state index contributed by atoms with van der Waals surface area (Å²) in [6.45, 7) is 1.02. The van der Waals surface area contributed by atoms with Gasteiger partial charge >= 0.3 is 0 Å². The highest BCUT2D eigenvalue weighted by Crippen LogP contribution is 2.23. The maximum atomic E-state index is 10.1. The molecule has 2 N–H and O–H groups in total. The number of rotatable bonds is 6. The molecule has 0 bridgehead atoms. The number of aromatic amines is 1. The van der Waals surface area contributed by atoms with Crippen LogP contribution in [-0.2, 0) is 6.42 Å². The number of H-pyrrole nitrogens is 1. The molecular formula is C19H27N3O. The Hall–Kier alpha value is -1.65. The molecule has 1 aromatic heterocycles. The zero-order chi connectivity index (χ0) is 16.1. The molecule has 1 aliphatic rings. The van der Waals surface area contributed by atoms with E-state index in [1.807, 2.05) is 18.2 Å². The summed E-state index contributed by atoms with van der Waals surface area (Å²) in [6, 6.07) is 12.7. The van der Waals surface area contributed by atoms with Gasteiger partial charge in [0.25, 0.3) is 0 Å². The SMILES string of the molecule is CN(CCCc1cc(-c2ccccc2)n[nH]1)C1CCCCC1O. The minimum Gasteiger partial charge on any atom is -0.391 e. The van der Waals surface area contributed by atoms with Crippen molar-refractivity contribution >= 4 is 0 Å². The second kappa shape index (κ2) is 7.75. The van der Waals surface area contributed by atoms with Gasteiger partial charge in [0.15, 0.2) is 0 Å². The van der Waals surface area contributed by atoms with E-state index in [0.717, 1.165) is 43.5 Å². The molecule has 3 rings (SSSR count). The molecular weight excluding hydrogens is 286 g/mol. The summed E-state index contributed by atoms with van der Waals surface area (Å²) in [4.78, 5) is 2.33. The van der Waals surface area contributed by atoms with Crippen LogP contribution in [0.4, 0.5) is 0 Å². The average Bonchev–Trinajstić information content (AvgIpc) is 3.05. The Morgan fingerprint density at radius 3 is 2.78 bits per heavy atom. The molecule has 0 saturated heterocycles. The lowest BCUT2D eigenvalue weighted by Gasteiger charge is -2.35. The molecule has 124 valence electrons. The number of aliphatic hydroxyl groups is 1. The van der Waals surface area contributed by atoms with E-state index in [4.69, 9.17) is 0 Å². The van der Waals surface area contributed by atoms with Crippen molar-refractivity contribution in [3.8, 4) is 11.3 Å². The van der Waals surface area contributed by atoms with Crippen molar-refractivity contribution in [2.45, 2.75) is 50.7 Å². The third-order valence-corrected chi connectivity index (χ3v) is 4.92. The zero-order valence-electron chi connectivity index (χ0n) is 13.9. The Labute approximate surface area is 138 Å². The summed E-state index contributed by atoms with van der Waals surface area (Å²) in [5, 5.41) is 17.7. The molecule has 4 nitrogen and oxygen atoms in total. The van der Waals surface area contributed by atoms with Crippen LogP contribution >= 0.6 is 0 Å². The van der Waals surface area contributed by atoms with Crippen LogP contribution in [0.25, 0.3) is 11.3 Å². The van der Waals surface area contributed by atoms with E-state index in [9.17, 15) is 5.11 Å². The standard InChI is InChI=1S/C19H27N3O/c1-22(18-11-5-6-12-19(18)23)13-7-10-16-14-17(21-20-16)15-8-3-2-4-9-15/h2-4,8-9,14,18-19,23H,5-7,10-13H2,1H3,(H,20,21). The van der Waals surface area contributed by atoms with Gasteiger partial charge < -0.3 is 10.0 Å². The quantitative estimate of drug-likeness (QED) is 0.861.